The summed E-state index contributed by atoms with van der Waals surface area (Å²) in [5.74, 6) is -0.360. The van der Waals surface area contributed by atoms with Crippen LogP contribution < -0.4 is 10.6 Å². The summed E-state index contributed by atoms with van der Waals surface area (Å²) in [7, 11) is 0. The Hall–Kier alpha value is -2.32. The molecule has 5 heteroatoms. The van der Waals surface area contributed by atoms with Crippen LogP contribution in [0, 0.1) is 11.3 Å². The average molecular weight is 243 g/mol. The van der Waals surface area contributed by atoms with E-state index < -0.39 is 6.17 Å². The molecule has 2 N–H and O–H groups in total. The van der Waals surface area contributed by atoms with Crippen molar-refractivity contribution in [3.8, 4) is 6.07 Å². The van der Waals surface area contributed by atoms with Crippen LogP contribution in [0.2, 0.25) is 0 Å². The number of carbonyl (C=O) groups excluding carboxylic acids is 1. The van der Waals surface area contributed by atoms with Gasteiger partial charge in [0.15, 0.2) is 6.17 Å². The van der Waals surface area contributed by atoms with Gasteiger partial charge in [0.25, 0.3) is 0 Å². The lowest BCUT2D eigenvalue weighted by Crippen LogP contribution is -2.49. The number of nitrogens with zero attached hydrogens (tertiary/aromatic N) is 1. The Balaban J connectivity index is 1.89. The first kappa shape index (κ1) is 12.1. The number of nitriles is 1. The van der Waals surface area contributed by atoms with Gasteiger partial charge in [-0.3, -0.25) is 5.32 Å². The van der Waals surface area contributed by atoms with Crippen LogP contribution in [0.4, 0.5) is 0 Å². The minimum absolute atomic E-state index is 0.165. The van der Waals surface area contributed by atoms with Crippen molar-refractivity contribution in [1.29, 1.82) is 5.26 Å². The summed E-state index contributed by atoms with van der Waals surface area (Å²) < 4.78 is 5.16. The van der Waals surface area contributed by atoms with E-state index in [1.54, 1.807) is 24.4 Å². The molecule has 1 aromatic rings. The Morgan fingerprint density at radius 3 is 3.17 bits per heavy atom. The number of hydrogen-bond donors (Lipinski definition) is 2. The van der Waals surface area contributed by atoms with Crippen LogP contribution in [0.25, 0.3) is 0 Å². The van der Waals surface area contributed by atoms with Gasteiger partial charge in [-0.2, -0.15) is 5.26 Å². The molecule has 0 bridgehead atoms. The molecule has 1 aliphatic heterocycles. The van der Waals surface area contributed by atoms with E-state index in [1.165, 1.54) is 0 Å². The van der Waals surface area contributed by atoms with Crippen LogP contribution in [0.15, 0.2) is 36.5 Å². The SMILES string of the molecule is N#Cc1cccc(COC(=O)C2NC=CCN2)c1. The van der Waals surface area contributed by atoms with Crippen LogP contribution in [0.1, 0.15) is 11.1 Å². The minimum atomic E-state index is -0.505. The molecule has 1 heterocycles. The zero-order chi connectivity index (χ0) is 12.8. The molecule has 0 spiro atoms. The predicted octanol–water partition coefficient (Wildman–Crippen LogP) is 0.634. The molecule has 92 valence electrons. The number of hydrogen-bond acceptors (Lipinski definition) is 5. The van der Waals surface area contributed by atoms with E-state index >= 15 is 0 Å². The predicted molar refractivity (Wildman–Crippen MR) is 65.0 cm³/mol. The Labute approximate surface area is 105 Å². The molecule has 0 saturated heterocycles. The van der Waals surface area contributed by atoms with E-state index in [2.05, 4.69) is 10.6 Å². The topological polar surface area (TPSA) is 74.1 Å². The monoisotopic (exact) mass is 243 g/mol. The highest BCUT2D eigenvalue weighted by Gasteiger charge is 2.18. The Morgan fingerprint density at radius 2 is 2.44 bits per heavy atom. The summed E-state index contributed by atoms with van der Waals surface area (Å²) in [6.07, 6.45) is 3.09. The molecule has 0 radical (unpaired) electrons. The lowest BCUT2D eigenvalue weighted by molar-refractivity contribution is -0.148. The highest BCUT2D eigenvalue weighted by atomic mass is 16.5. The normalized spacial score (nSPS) is 17.6. The van der Waals surface area contributed by atoms with E-state index in [0.717, 1.165) is 5.56 Å². The highest BCUT2D eigenvalue weighted by molar-refractivity contribution is 5.75. The molecule has 0 aliphatic carbocycles. The minimum Gasteiger partial charge on any atom is -0.458 e. The second-order valence-electron chi connectivity index (χ2n) is 3.83. The molecule has 5 nitrogen and oxygen atoms in total. The van der Waals surface area contributed by atoms with Gasteiger partial charge in [0.05, 0.1) is 11.6 Å². The Bertz CT molecular complexity index is 505. The van der Waals surface area contributed by atoms with E-state index in [4.69, 9.17) is 10.00 Å². The van der Waals surface area contributed by atoms with E-state index in [0.29, 0.717) is 12.1 Å². The molecule has 0 aromatic heterocycles. The van der Waals surface area contributed by atoms with Crippen LogP contribution >= 0.6 is 0 Å². The zero-order valence-electron chi connectivity index (χ0n) is 9.72. The van der Waals surface area contributed by atoms with Gasteiger partial charge in [-0.1, -0.05) is 18.2 Å². The Morgan fingerprint density at radius 1 is 1.56 bits per heavy atom. The molecule has 2 rings (SSSR count). The number of nitrogens with one attached hydrogen (secondary N) is 2. The van der Waals surface area contributed by atoms with Crippen molar-refractivity contribution in [2.45, 2.75) is 12.8 Å². The average Bonchev–Trinajstić information content (AvgIpc) is 2.46. The first-order chi connectivity index (χ1) is 8.79. The van der Waals surface area contributed by atoms with Gasteiger partial charge < -0.3 is 10.1 Å². The maximum atomic E-state index is 11.7. The van der Waals surface area contributed by atoms with Gasteiger partial charge in [-0.15, -0.1) is 0 Å². The van der Waals surface area contributed by atoms with Crippen LogP contribution in [0.3, 0.4) is 0 Å². The van der Waals surface area contributed by atoms with Crippen molar-refractivity contribution in [1.82, 2.24) is 10.6 Å². The van der Waals surface area contributed by atoms with Crippen molar-refractivity contribution in [3.05, 3.63) is 47.7 Å². The molecular weight excluding hydrogens is 230 g/mol. The number of esters is 1. The number of ether oxygens (including phenoxy) is 1. The molecule has 0 fully saturated rings. The molecular formula is C13H13N3O2. The van der Waals surface area contributed by atoms with Crippen molar-refractivity contribution in [2.75, 3.05) is 6.54 Å². The molecule has 18 heavy (non-hydrogen) atoms. The Kier molecular flexibility index (Phi) is 3.94. The van der Waals surface area contributed by atoms with Gasteiger partial charge in [0.1, 0.15) is 6.61 Å². The van der Waals surface area contributed by atoms with Gasteiger partial charge in [-0.25, -0.2) is 4.79 Å². The lowest BCUT2D eigenvalue weighted by atomic mass is 10.1. The molecule has 1 aromatic carbocycles. The van der Waals surface area contributed by atoms with Crippen molar-refractivity contribution in [2.24, 2.45) is 0 Å². The van der Waals surface area contributed by atoms with E-state index in [-0.39, 0.29) is 12.6 Å². The largest absolute Gasteiger partial charge is 0.458 e. The molecule has 0 amide bonds. The van der Waals surface area contributed by atoms with Gasteiger partial charge in [0, 0.05) is 6.54 Å². The van der Waals surface area contributed by atoms with Crippen LogP contribution in [-0.2, 0) is 16.1 Å². The molecule has 1 unspecified atom stereocenters. The second-order valence-corrected chi connectivity index (χ2v) is 3.83. The summed E-state index contributed by atoms with van der Waals surface area (Å²) in [6.45, 7) is 0.800. The number of carbonyl (C=O) groups is 1. The number of rotatable bonds is 3. The standard InChI is InChI=1S/C13H13N3O2/c14-8-10-3-1-4-11(7-10)9-18-13(17)12-15-5-2-6-16-12/h1-5,7,12,15-16H,6,9H2. The second kappa shape index (κ2) is 5.84. The molecule has 0 saturated carbocycles. The van der Waals surface area contributed by atoms with Crippen molar-refractivity contribution >= 4 is 5.97 Å². The van der Waals surface area contributed by atoms with Crippen molar-refractivity contribution < 1.29 is 9.53 Å². The van der Waals surface area contributed by atoms with Crippen LogP contribution in [0.5, 0.6) is 0 Å². The molecule has 1 aliphatic rings. The molecule has 1 atom stereocenters. The summed E-state index contributed by atoms with van der Waals surface area (Å²) in [5.41, 5.74) is 1.36. The zero-order valence-corrected chi connectivity index (χ0v) is 9.72. The fourth-order valence-corrected chi connectivity index (χ4v) is 1.59. The number of benzene rings is 1. The quantitative estimate of drug-likeness (QED) is 0.762. The summed E-state index contributed by atoms with van der Waals surface area (Å²) in [6, 6.07) is 9.04. The van der Waals surface area contributed by atoms with Gasteiger partial charge >= 0.3 is 5.97 Å². The third kappa shape index (κ3) is 3.09. The first-order valence-corrected chi connectivity index (χ1v) is 5.60. The van der Waals surface area contributed by atoms with E-state index in [1.807, 2.05) is 18.2 Å². The smallest absolute Gasteiger partial charge is 0.344 e. The maximum absolute atomic E-state index is 11.7. The summed E-state index contributed by atoms with van der Waals surface area (Å²) in [5, 5.41) is 14.6. The maximum Gasteiger partial charge on any atom is 0.344 e. The fraction of sp³-hybridized carbons (Fsp3) is 0.231. The van der Waals surface area contributed by atoms with Gasteiger partial charge in [0.2, 0.25) is 0 Å². The van der Waals surface area contributed by atoms with Crippen LogP contribution in [-0.4, -0.2) is 18.7 Å². The first-order valence-electron chi connectivity index (χ1n) is 5.60. The summed E-state index contributed by atoms with van der Waals surface area (Å²) in [4.78, 5) is 11.7. The van der Waals surface area contributed by atoms with Gasteiger partial charge in [-0.05, 0) is 23.9 Å². The highest BCUT2D eigenvalue weighted by Crippen LogP contribution is 2.06. The third-order valence-electron chi connectivity index (χ3n) is 2.49. The van der Waals surface area contributed by atoms with E-state index in [9.17, 15) is 4.79 Å². The third-order valence-corrected chi connectivity index (χ3v) is 2.49. The lowest BCUT2D eigenvalue weighted by Gasteiger charge is -2.20. The van der Waals surface area contributed by atoms with Crippen molar-refractivity contribution in [3.63, 3.8) is 0 Å². The fourth-order valence-electron chi connectivity index (χ4n) is 1.59. The summed E-state index contributed by atoms with van der Waals surface area (Å²) >= 11 is 0.